The van der Waals surface area contributed by atoms with Gasteiger partial charge in [-0.2, -0.15) is 4.98 Å². The van der Waals surface area contributed by atoms with Gasteiger partial charge < -0.3 is 30.1 Å². The Bertz CT molecular complexity index is 1450. The van der Waals surface area contributed by atoms with E-state index in [-0.39, 0.29) is 5.41 Å². The molecule has 0 aliphatic rings. The van der Waals surface area contributed by atoms with Gasteiger partial charge in [0, 0.05) is 36.3 Å². The molecule has 0 atom stereocenters. The first-order valence-corrected chi connectivity index (χ1v) is 13.3. The smallest absolute Gasteiger partial charge is 0.323 e. The molecule has 2 amide bonds. The monoisotopic (exact) mass is 532 g/mol. The molecule has 0 aliphatic carbocycles. The van der Waals surface area contributed by atoms with Crippen LogP contribution in [0.4, 0.5) is 27.8 Å². The molecule has 4 N–H and O–H groups in total. The van der Waals surface area contributed by atoms with Crippen LogP contribution in [-0.2, 0) is 5.41 Å². The second-order valence-corrected chi connectivity index (χ2v) is 10.1. The SMILES string of the molecule is CNc1nccc(Oc2ccc(NC(=O)Nc3cc(C(C)(C)C)cc(NSC)c3OC)c3ccccc23)n1. The number of hydrogen-bond acceptors (Lipinski definition) is 8. The summed E-state index contributed by atoms with van der Waals surface area (Å²) in [5.41, 5.74) is 2.93. The number of nitrogens with zero attached hydrogens (tertiary/aromatic N) is 2. The summed E-state index contributed by atoms with van der Waals surface area (Å²) in [5, 5.41) is 10.5. The van der Waals surface area contributed by atoms with E-state index in [4.69, 9.17) is 9.47 Å². The van der Waals surface area contributed by atoms with Gasteiger partial charge >= 0.3 is 6.03 Å². The van der Waals surface area contributed by atoms with E-state index in [1.54, 1.807) is 38.6 Å². The van der Waals surface area contributed by atoms with E-state index in [0.29, 0.717) is 34.7 Å². The number of methoxy groups -OCH3 is 1. The highest BCUT2D eigenvalue weighted by molar-refractivity contribution is 7.99. The van der Waals surface area contributed by atoms with Crippen molar-refractivity contribution in [1.82, 2.24) is 9.97 Å². The van der Waals surface area contributed by atoms with Crippen molar-refractivity contribution in [1.29, 1.82) is 0 Å². The molecule has 4 rings (SSSR count). The summed E-state index contributed by atoms with van der Waals surface area (Å²) in [7, 11) is 3.33. The molecule has 0 spiro atoms. The van der Waals surface area contributed by atoms with E-state index >= 15 is 0 Å². The molecular formula is C28H32N6O3S. The number of hydrogen-bond donors (Lipinski definition) is 4. The zero-order chi connectivity index (χ0) is 27.3. The number of aromatic nitrogens is 2. The summed E-state index contributed by atoms with van der Waals surface area (Å²) in [6.07, 6.45) is 3.56. The molecule has 4 aromatic rings. The molecule has 10 heteroatoms. The van der Waals surface area contributed by atoms with Crippen LogP contribution in [0.5, 0.6) is 17.4 Å². The third-order valence-electron chi connectivity index (χ3n) is 5.82. The number of amides is 2. The van der Waals surface area contributed by atoms with Gasteiger partial charge in [0.1, 0.15) is 5.75 Å². The molecule has 9 nitrogen and oxygen atoms in total. The Morgan fingerprint density at radius 1 is 0.947 bits per heavy atom. The maximum Gasteiger partial charge on any atom is 0.323 e. The molecule has 0 unspecified atom stereocenters. The summed E-state index contributed by atoms with van der Waals surface area (Å²) in [6, 6.07) is 16.6. The number of nitrogens with one attached hydrogen (secondary N) is 4. The van der Waals surface area contributed by atoms with Gasteiger partial charge in [0.2, 0.25) is 11.8 Å². The van der Waals surface area contributed by atoms with E-state index in [9.17, 15) is 4.79 Å². The predicted octanol–water partition coefficient (Wildman–Crippen LogP) is 7.10. The molecular weight excluding hydrogens is 500 g/mol. The van der Waals surface area contributed by atoms with Crippen molar-refractivity contribution >= 4 is 51.8 Å². The first kappa shape index (κ1) is 26.9. The number of anilines is 4. The summed E-state index contributed by atoms with van der Waals surface area (Å²) < 4.78 is 15.0. The maximum absolute atomic E-state index is 13.2. The van der Waals surface area contributed by atoms with Crippen LogP contribution in [0.3, 0.4) is 0 Å². The van der Waals surface area contributed by atoms with Gasteiger partial charge in [-0.15, -0.1) is 0 Å². The van der Waals surface area contributed by atoms with E-state index in [0.717, 1.165) is 22.0 Å². The van der Waals surface area contributed by atoms with Crippen molar-refractivity contribution < 1.29 is 14.3 Å². The van der Waals surface area contributed by atoms with Crippen molar-refractivity contribution in [2.75, 3.05) is 41.1 Å². The Kier molecular flexibility index (Phi) is 8.11. The Balaban J connectivity index is 1.63. The molecule has 0 saturated carbocycles. The molecule has 1 heterocycles. The fourth-order valence-electron chi connectivity index (χ4n) is 3.94. The topological polar surface area (TPSA) is 109 Å². The molecule has 0 saturated heterocycles. The van der Waals surface area contributed by atoms with E-state index in [1.165, 1.54) is 11.9 Å². The summed E-state index contributed by atoms with van der Waals surface area (Å²) in [4.78, 5) is 21.7. The Labute approximate surface area is 226 Å². The largest absolute Gasteiger partial charge is 0.492 e. The van der Waals surface area contributed by atoms with Crippen LogP contribution < -0.4 is 30.1 Å². The molecule has 198 valence electrons. The van der Waals surface area contributed by atoms with Crippen molar-refractivity contribution in [3.05, 3.63) is 66.4 Å². The molecule has 38 heavy (non-hydrogen) atoms. The van der Waals surface area contributed by atoms with Crippen LogP contribution in [0.1, 0.15) is 26.3 Å². The highest BCUT2D eigenvalue weighted by atomic mass is 32.2. The second-order valence-electron chi connectivity index (χ2n) is 9.47. The lowest BCUT2D eigenvalue weighted by molar-refractivity contribution is 0.262. The van der Waals surface area contributed by atoms with E-state index in [1.807, 2.05) is 42.7 Å². The van der Waals surface area contributed by atoms with Crippen molar-refractivity contribution in [2.24, 2.45) is 0 Å². The van der Waals surface area contributed by atoms with E-state index < -0.39 is 6.03 Å². The zero-order valence-corrected chi connectivity index (χ0v) is 23.1. The Morgan fingerprint density at radius 3 is 2.34 bits per heavy atom. The quantitative estimate of drug-likeness (QED) is 0.178. The van der Waals surface area contributed by atoms with Crippen LogP contribution in [-0.4, -0.2) is 36.4 Å². The minimum absolute atomic E-state index is 0.127. The number of carbonyl (C=O) groups is 1. The normalized spacial score (nSPS) is 11.1. The van der Waals surface area contributed by atoms with Crippen LogP contribution in [0.2, 0.25) is 0 Å². The minimum atomic E-state index is -0.391. The van der Waals surface area contributed by atoms with Crippen LogP contribution in [0, 0.1) is 0 Å². The van der Waals surface area contributed by atoms with Crippen LogP contribution >= 0.6 is 11.9 Å². The van der Waals surface area contributed by atoms with Gasteiger partial charge in [-0.3, -0.25) is 0 Å². The average molecular weight is 533 g/mol. The third-order valence-corrected chi connectivity index (χ3v) is 6.24. The van der Waals surface area contributed by atoms with Gasteiger partial charge in [0.25, 0.3) is 0 Å². The average Bonchev–Trinajstić information content (AvgIpc) is 2.89. The molecule has 3 aromatic carbocycles. The highest BCUT2D eigenvalue weighted by Gasteiger charge is 2.21. The number of benzene rings is 3. The first-order valence-electron chi connectivity index (χ1n) is 12.0. The molecule has 0 aliphatic heterocycles. The van der Waals surface area contributed by atoms with Gasteiger partial charge in [0.15, 0.2) is 5.75 Å². The maximum atomic E-state index is 13.2. The summed E-state index contributed by atoms with van der Waals surface area (Å²) >= 11 is 1.46. The molecule has 1 aromatic heterocycles. The number of carbonyl (C=O) groups excluding carboxylic acids is 1. The highest BCUT2D eigenvalue weighted by Crippen LogP contribution is 2.40. The van der Waals surface area contributed by atoms with Crippen molar-refractivity contribution in [2.45, 2.75) is 26.2 Å². The summed E-state index contributed by atoms with van der Waals surface area (Å²) in [6.45, 7) is 6.37. The summed E-state index contributed by atoms with van der Waals surface area (Å²) in [5.74, 6) is 2.04. The van der Waals surface area contributed by atoms with Crippen molar-refractivity contribution in [3.63, 3.8) is 0 Å². The lowest BCUT2D eigenvalue weighted by Crippen LogP contribution is -2.21. The number of fused-ring (bicyclic) bond motifs is 1. The second kappa shape index (κ2) is 11.5. The van der Waals surface area contributed by atoms with Crippen molar-refractivity contribution in [3.8, 4) is 17.4 Å². The van der Waals surface area contributed by atoms with E-state index in [2.05, 4.69) is 51.4 Å². The number of ether oxygens (including phenoxy) is 2. The first-order chi connectivity index (χ1) is 18.2. The Hall–Kier alpha value is -4.18. The Morgan fingerprint density at radius 2 is 1.66 bits per heavy atom. The number of rotatable bonds is 8. The predicted molar refractivity (Wildman–Crippen MR) is 157 cm³/mol. The van der Waals surface area contributed by atoms with Crippen LogP contribution in [0.25, 0.3) is 10.8 Å². The lowest BCUT2D eigenvalue weighted by atomic mass is 9.86. The van der Waals surface area contributed by atoms with Gasteiger partial charge in [-0.25, -0.2) is 9.78 Å². The van der Waals surface area contributed by atoms with Gasteiger partial charge in [0.05, 0.1) is 24.2 Å². The minimum Gasteiger partial charge on any atom is -0.492 e. The number of urea groups is 1. The van der Waals surface area contributed by atoms with Gasteiger partial charge in [-0.05, 0) is 35.2 Å². The third kappa shape index (κ3) is 6.03. The lowest BCUT2D eigenvalue weighted by Gasteiger charge is -2.24. The van der Waals surface area contributed by atoms with Gasteiger partial charge in [-0.1, -0.05) is 57.0 Å². The van der Waals surface area contributed by atoms with Crippen LogP contribution in [0.15, 0.2) is 60.8 Å². The molecule has 0 bridgehead atoms. The fraction of sp³-hybridized carbons (Fsp3) is 0.250. The molecule has 0 radical (unpaired) electrons. The zero-order valence-electron chi connectivity index (χ0n) is 22.3. The fourth-order valence-corrected chi connectivity index (χ4v) is 4.31. The molecule has 0 fully saturated rings. The standard InChI is InChI=1S/C28H32N6O3S/c1-28(2,3)17-15-21(25(36-5)22(16-17)34-38-6)32-27(35)31-20-11-12-23(19-10-8-7-9-18(19)20)37-24-13-14-30-26(29-4)33-24/h7-16,34H,1-6H3,(H,29,30,33)(H2,31,32,35).